The van der Waals surface area contributed by atoms with E-state index >= 15 is 0 Å². The van der Waals surface area contributed by atoms with E-state index in [2.05, 4.69) is 15.4 Å². The Kier molecular flexibility index (Phi) is 5.52. The first-order valence-electron chi connectivity index (χ1n) is 5.88. The molecule has 1 atom stereocenters. The van der Waals surface area contributed by atoms with Crippen LogP contribution in [0.2, 0.25) is 0 Å². The summed E-state index contributed by atoms with van der Waals surface area (Å²) in [6, 6.07) is 5.07. The fourth-order valence-corrected chi connectivity index (χ4v) is 1.48. The molecule has 0 spiro atoms. The van der Waals surface area contributed by atoms with Gasteiger partial charge in [0.25, 0.3) is 0 Å². The van der Waals surface area contributed by atoms with Crippen molar-refractivity contribution in [2.75, 3.05) is 12.4 Å². The number of esters is 1. The van der Waals surface area contributed by atoms with Crippen LogP contribution in [0.4, 0.5) is 10.5 Å². The molecule has 0 aliphatic carbocycles. The molecule has 1 rings (SSSR count). The summed E-state index contributed by atoms with van der Waals surface area (Å²) in [5.74, 6) is -1.47. The highest BCUT2D eigenvalue weighted by Gasteiger charge is 2.15. The van der Waals surface area contributed by atoms with Crippen molar-refractivity contribution in [2.45, 2.75) is 19.4 Å². The van der Waals surface area contributed by atoms with E-state index in [0.717, 1.165) is 0 Å². The first-order valence-corrected chi connectivity index (χ1v) is 5.88. The molecular formula is C13H16N2O5. The van der Waals surface area contributed by atoms with E-state index in [4.69, 9.17) is 5.11 Å². The highest BCUT2D eigenvalue weighted by Crippen LogP contribution is 2.10. The molecule has 0 radical (unpaired) electrons. The minimum Gasteiger partial charge on any atom is -0.481 e. The molecule has 0 saturated heterocycles. The lowest BCUT2D eigenvalue weighted by Crippen LogP contribution is -2.41. The number of amides is 2. The summed E-state index contributed by atoms with van der Waals surface area (Å²) in [6.07, 6.45) is -0.0775. The fourth-order valence-electron chi connectivity index (χ4n) is 1.48. The number of rotatable bonds is 5. The van der Waals surface area contributed by atoms with Gasteiger partial charge in [-0.2, -0.15) is 0 Å². The molecule has 7 heteroatoms. The summed E-state index contributed by atoms with van der Waals surface area (Å²) >= 11 is 0. The molecule has 0 aliphatic heterocycles. The predicted molar refractivity (Wildman–Crippen MR) is 71.4 cm³/mol. The van der Waals surface area contributed by atoms with Crippen LogP contribution in [0.3, 0.4) is 0 Å². The van der Waals surface area contributed by atoms with Crippen LogP contribution in [0, 0.1) is 0 Å². The third kappa shape index (κ3) is 4.97. The van der Waals surface area contributed by atoms with Gasteiger partial charge in [0.1, 0.15) is 6.04 Å². The molecule has 7 nitrogen and oxygen atoms in total. The number of nitrogens with one attached hydrogen (secondary N) is 2. The smallest absolute Gasteiger partial charge is 0.328 e. The Hall–Kier alpha value is -2.57. The molecule has 0 heterocycles. The Bertz CT molecular complexity index is 498. The second-order valence-corrected chi connectivity index (χ2v) is 4.11. The van der Waals surface area contributed by atoms with Crippen LogP contribution in [0.15, 0.2) is 24.3 Å². The van der Waals surface area contributed by atoms with E-state index in [1.54, 1.807) is 24.3 Å². The quantitative estimate of drug-likeness (QED) is 0.698. The van der Waals surface area contributed by atoms with E-state index in [9.17, 15) is 14.4 Å². The first kappa shape index (κ1) is 15.5. The van der Waals surface area contributed by atoms with Crippen molar-refractivity contribution in [3.05, 3.63) is 29.8 Å². The van der Waals surface area contributed by atoms with Crippen LogP contribution in [-0.4, -0.2) is 36.2 Å². The number of hydrogen-bond donors (Lipinski definition) is 3. The highest BCUT2D eigenvalue weighted by atomic mass is 16.5. The molecule has 1 unspecified atom stereocenters. The van der Waals surface area contributed by atoms with Gasteiger partial charge in [0.15, 0.2) is 0 Å². The highest BCUT2D eigenvalue weighted by molar-refractivity contribution is 5.92. The summed E-state index contributed by atoms with van der Waals surface area (Å²) in [4.78, 5) is 33.2. The maximum atomic E-state index is 11.6. The topological polar surface area (TPSA) is 105 Å². The van der Waals surface area contributed by atoms with Gasteiger partial charge < -0.3 is 20.5 Å². The minimum atomic E-state index is -0.921. The predicted octanol–water partition coefficient (Wildman–Crippen LogP) is 0.997. The Morgan fingerprint density at radius 1 is 1.25 bits per heavy atom. The number of carbonyl (C=O) groups is 3. The zero-order valence-corrected chi connectivity index (χ0v) is 11.2. The lowest BCUT2D eigenvalue weighted by atomic mass is 10.1. The van der Waals surface area contributed by atoms with Crippen LogP contribution >= 0.6 is 0 Å². The second-order valence-electron chi connectivity index (χ2n) is 4.11. The second kappa shape index (κ2) is 7.13. The molecule has 0 aromatic heterocycles. The van der Waals surface area contributed by atoms with Crippen molar-refractivity contribution in [3.63, 3.8) is 0 Å². The zero-order valence-electron chi connectivity index (χ0n) is 11.2. The van der Waals surface area contributed by atoms with Gasteiger partial charge in [-0.25, -0.2) is 9.59 Å². The van der Waals surface area contributed by atoms with E-state index in [1.165, 1.54) is 14.0 Å². The first-order chi connectivity index (χ1) is 9.42. The van der Waals surface area contributed by atoms with Gasteiger partial charge in [-0.05, 0) is 24.6 Å². The van der Waals surface area contributed by atoms with Crippen LogP contribution in [0.5, 0.6) is 0 Å². The van der Waals surface area contributed by atoms with E-state index in [-0.39, 0.29) is 6.42 Å². The minimum absolute atomic E-state index is 0.0775. The molecule has 1 aromatic carbocycles. The molecular weight excluding hydrogens is 264 g/mol. The van der Waals surface area contributed by atoms with Crippen molar-refractivity contribution >= 4 is 23.7 Å². The van der Waals surface area contributed by atoms with Crippen LogP contribution < -0.4 is 10.6 Å². The molecule has 3 N–H and O–H groups in total. The Morgan fingerprint density at radius 2 is 1.85 bits per heavy atom. The standard InChI is InChI=1S/C13H16N2O5/c1-8(12(18)20-2)14-13(19)15-10-5-3-9(4-6-10)7-11(16)17/h3-6,8H,7H2,1-2H3,(H,16,17)(H2,14,15,19). The molecule has 0 fully saturated rings. The van der Waals surface area contributed by atoms with Crippen molar-refractivity contribution < 1.29 is 24.2 Å². The number of carboxylic acid groups (broad SMARTS) is 1. The number of carbonyl (C=O) groups excluding carboxylic acids is 2. The van der Waals surface area contributed by atoms with Gasteiger partial charge in [0.05, 0.1) is 13.5 Å². The lowest BCUT2D eigenvalue weighted by Gasteiger charge is -2.12. The van der Waals surface area contributed by atoms with Crippen molar-refractivity contribution in [1.29, 1.82) is 0 Å². The lowest BCUT2D eigenvalue weighted by molar-refractivity contribution is -0.142. The van der Waals surface area contributed by atoms with Gasteiger partial charge in [-0.15, -0.1) is 0 Å². The average Bonchev–Trinajstić information content (AvgIpc) is 2.39. The summed E-state index contributed by atoms with van der Waals surface area (Å²) in [6.45, 7) is 1.50. The molecule has 0 saturated carbocycles. The zero-order chi connectivity index (χ0) is 15.1. The largest absolute Gasteiger partial charge is 0.481 e. The van der Waals surface area contributed by atoms with Crippen molar-refractivity contribution in [1.82, 2.24) is 5.32 Å². The number of aliphatic carboxylic acids is 1. The third-order valence-corrected chi connectivity index (χ3v) is 2.47. The number of anilines is 1. The summed E-state index contributed by atoms with van der Waals surface area (Å²) in [5, 5.41) is 13.6. The average molecular weight is 280 g/mol. The van der Waals surface area contributed by atoms with Crippen LogP contribution in [-0.2, 0) is 20.7 Å². The Morgan fingerprint density at radius 3 is 2.35 bits per heavy atom. The third-order valence-electron chi connectivity index (χ3n) is 2.47. The van der Waals surface area contributed by atoms with Gasteiger partial charge in [0.2, 0.25) is 0 Å². The summed E-state index contributed by atoms with van der Waals surface area (Å²) in [7, 11) is 1.24. The summed E-state index contributed by atoms with van der Waals surface area (Å²) < 4.78 is 4.48. The van der Waals surface area contributed by atoms with Gasteiger partial charge >= 0.3 is 18.0 Å². The number of hydrogen-bond acceptors (Lipinski definition) is 4. The van der Waals surface area contributed by atoms with Crippen molar-refractivity contribution in [3.8, 4) is 0 Å². The molecule has 2 amide bonds. The molecule has 20 heavy (non-hydrogen) atoms. The molecule has 108 valence electrons. The van der Waals surface area contributed by atoms with Gasteiger partial charge in [-0.3, -0.25) is 4.79 Å². The monoisotopic (exact) mass is 280 g/mol. The Balaban J connectivity index is 2.54. The Labute approximate surface area is 115 Å². The van der Waals surface area contributed by atoms with Crippen LogP contribution in [0.25, 0.3) is 0 Å². The van der Waals surface area contributed by atoms with Crippen molar-refractivity contribution in [2.24, 2.45) is 0 Å². The number of urea groups is 1. The molecule has 0 bridgehead atoms. The normalized spacial score (nSPS) is 11.3. The maximum Gasteiger partial charge on any atom is 0.328 e. The number of carboxylic acids is 1. The number of methoxy groups -OCH3 is 1. The molecule has 1 aromatic rings. The number of ether oxygens (including phenoxy) is 1. The maximum absolute atomic E-state index is 11.6. The molecule has 0 aliphatic rings. The van der Waals surface area contributed by atoms with Crippen LogP contribution in [0.1, 0.15) is 12.5 Å². The summed E-state index contributed by atoms with van der Waals surface area (Å²) in [5.41, 5.74) is 1.13. The SMILES string of the molecule is COC(=O)C(C)NC(=O)Nc1ccc(CC(=O)O)cc1. The fraction of sp³-hybridized carbons (Fsp3) is 0.308. The van der Waals surface area contributed by atoms with E-state index in [1.807, 2.05) is 0 Å². The van der Waals surface area contributed by atoms with E-state index in [0.29, 0.717) is 11.3 Å². The number of benzene rings is 1. The van der Waals surface area contributed by atoms with E-state index < -0.39 is 24.0 Å². The van der Waals surface area contributed by atoms with Gasteiger partial charge in [0, 0.05) is 5.69 Å². The van der Waals surface area contributed by atoms with Gasteiger partial charge in [-0.1, -0.05) is 12.1 Å².